The molecule has 0 radical (unpaired) electrons. The highest BCUT2D eigenvalue weighted by atomic mass is 127. The number of hydrogen-bond donors (Lipinski definition) is 0. The molecule has 5 heteroatoms. The smallest absolute Gasteiger partial charge is 0.200 e. The van der Waals surface area contributed by atoms with Gasteiger partial charge in [0, 0.05) is 0 Å². The zero-order chi connectivity index (χ0) is 13.0. The third-order valence-corrected chi connectivity index (χ3v) is 9.26. The van der Waals surface area contributed by atoms with Crippen molar-refractivity contribution in [2.75, 3.05) is 0 Å². The van der Waals surface area contributed by atoms with E-state index in [-0.39, 0.29) is 29.1 Å². The highest BCUT2D eigenvalue weighted by Crippen LogP contribution is 2.43. The Balaban J connectivity index is 2.13. The predicted molar refractivity (Wildman–Crippen MR) is 77.8 cm³/mol. The number of hydrogen-bond acceptors (Lipinski definition) is 3. The Hall–Kier alpha value is 0.277. The zero-order valence-corrected chi connectivity index (χ0v) is 14.1. The van der Waals surface area contributed by atoms with Gasteiger partial charge in [-0.15, -0.1) is 0 Å². The number of epoxide rings is 1. The van der Waals surface area contributed by atoms with Crippen molar-refractivity contribution in [2.45, 2.75) is 57.2 Å². The minimum absolute atomic E-state index is 0.0323. The van der Waals surface area contributed by atoms with E-state index >= 15 is 0 Å². The first-order chi connectivity index (χ1) is 7.63. The first kappa shape index (κ1) is 13.7. The molecule has 1 aliphatic carbocycles. The van der Waals surface area contributed by atoms with Gasteiger partial charge >= 0.3 is 0 Å². The molecule has 0 aromatic rings. The molecular formula is C12H19IO3Si. The van der Waals surface area contributed by atoms with E-state index in [4.69, 9.17) is 9.16 Å². The van der Waals surface area contributed by atoms with E-state index in [9.17, 15) is 4.79 Å². The van der Waals surface area contributed by atoms with Crippen LogP contribution >= 0.6 is 22.6 Å². The van der Waals surface area contributed by atoms with Crippen molar-refractivity contribution in [3.8, 4) is 0 Å². The van der Waals surface area contributed by atoms with Gasteiger partial charge in [0.05, 0.1) is 9.68 Å². The number of ether oxygens (including phenoxy) is 1. The SMILES string of the molecule is CC(C)(C)[Si](C)(C)O[C@H]1C=C(I)C(=O)[C@@H]2O[C@H]12. The highest BCUT2D eigenvalue weighted by molar-refractivity contribution is 14.1. The molecule has 96 valence electrons. The third kappa shape index (κ3) is 2.52. The number of carbonyl (C=O) groups excluding carboxylic acids is 1. The molecule has 17 heavy (non-hydrogen) atoms. The summed E-state index contributed by atoms with van der Waals surface area (Å²) in [6.07, 6.45) is 1.62. The van der Waals surface area contributed by atoms with Crippen molar-refractivity contribution in [1.29, 1.82) is 0 Å². The molecule has 0 N–H and O–H groups in total. The second-order valence-corrected chi connectivity index (χ2v) is 12.2. The summed E-state index contributed by atoms with van der Waals surface area (Å²) in [4.78, 5) is 11.6. The van der Waals surface area contributed by atoms with Crippen molar-refractivity contribution < 1.29 is 14.0 Å². The summed E-state index contributed by atoms with van der Waals surface area (Å²) in [6, 6.07) is 0. The van der Waals surface area contributed by atoms with E-state index in [2.05, 4.69) is 56.5 Å². The molecule has 1 fully saturated rings. The molecular weight excluding hydrogens is 347 g/mol. The minimum Gasteiger partial charge on any atom is -0.408 e. The zero-order valence-electron chi connectivity index (χ0n) is 10.9. The van der Waals surface area contributed by atoms with E-state index < -0.39 is 8.32 Å². The van der Waals surface area contributed by atoms with Crippen LogP contribution in [0.25, 0.3) is 0 Å². The van der Waals surface area contributed by atoms with E-state index in [0.29, 0.717) is 0 Å². The molecule has 0 unspecified atom stereocenters. The summed E-state index contributed by atoms with van der Waals surface area (Å²) < 4.78 is 12.5. The van der Waals surface area contributed by atoms with Crippen LogP contribution in [0, 0.1) is 0 Å². The number of Topliss-reactive ketones (excluding diaryl/α,β-unsaturated/α-hetero) is 1. The van der Waals surface area contributed by atoms with Crippen LogP contribution in [-0.2, 0) is 14.0 Å². The maximum atomic E-state index is 11.6. The first-order valence-electron chi connectivity index (χ1n) is 5.88. The largest absolute Gasteiger partial charge is 0.408 e. The highest BCUT2D eigenvalue weighted by Gasteiger charge is 2.55. The molecule has 0 aromatic heterocycles. The van der Waals surface area contributed by atoms with Gasteiger partial charge in [-0.25, -0.2) is 0 Å². The van der Waals surface area contributed by atoms with Crippen LogP contribution in [0.2, 0.25) is 18.1 Å². The molecule has 2 aliphatic rings. The van der Waals surface area contributed by atoms with Crippen molar-refractivity contribution in [3.05, 3.63) is 9.66 Å². The summed E-state index contributed by atoms with van der Waals surface area (Å²) in [5, 5.41) is 0.179. The summed E-state index contributed by atoms with van der Waals surface area (Å²) >= 11 is 2.08. The number of carbonyl (C=O) groups is 1. The Kier molecular flexibility index (Phi) is 3.34. The second kappa shape index (κ2) is 4.14. The lowest BCUT2D eigenvalue weighted by molar-refractivity contribution is -0.116. The van der Waals surface area contributed by atoms with Crippen molar-refractivity contribution in [2.24, 2.45) is 0 Å². The Morgan fingerprint density at radius 1 is 1.41 bits per heavy atom. The Labute approximate surface area is 117 Å². The van der Waals surface area contributed by atoms with Crippen LogP contribution < -0.4 is 0 Å². The van der Waals surface area contributed by atoms with Crippen LogP contribution in [0.1, 0.15) is 20.8 Å². The summed E-state index contributed by atoms with van der Waals surface area (Å²) in [6.45, 7) is 11.1. The second-order valence-electron chi connectivity index (χ2n) is 6.24. The Bertz CT molecular complexity index is 384. The van der Waals surface area contributed by atoms with Gasteiger partial charge in [0.2, 0.25) is 0 Å². The standard InChI is InChI=1S/C12H19IO3Si/c1-12(2,3)17(4,5)16-8-6-7(13)9(14)11-10(8)15-11/h6,8,10-11H,1-5H3/t8-,10+,11-/m0/s1. The van der Waals surface area contributed by atoms with Crippen LogP contribution in [0.15, 0.2) is 9.66 Å². The monoisotopic (exact) mass is 366 g/mol. The van der Waals surface area contributed by atoms with E-state index in [1.165, 1.54) is 0 Å². The van der Waals surface area contributed by atoms with Crippen LogP contribution in [-0.4, -0.2) is 32.4 Å². The number of rotatable bonds is 2. The number of ketones is 1. The van der Waals surface area contributed by atoms with Crippen molar-refractivity contribution >= 4 is 36.7 Å². The quantitative estimate of drug-likeness (QED) is 0.428. The molecule has 0 amide bonds. The fourth-order valence-corrected chi connectivity index (χ4v) is 3.56. The third-order valence-electron chi connectivity index (χ3n) is 3.89. The molecule has 2 rings (SSSR count). The molecule has 1 heterocycles. The average Bonchev–Trinajstić information content (AvgIpc) is 2.91. The Morgan fingerprint density at radius 2 is 2.00 bits per heavy atom. The fraction of sp³-hybridized carbons (Fsp3) is 0.750. The lowest BCUT2D eigenvalue weighted by Crippen LogP contribution is -2.46. The van der Waals surface area contributed by atoms with Gasteiger partial charge in [-0.2, -0.15) is 0 Å². The predicted octanol–water partition coefficient (Wildman–Crippen LogP) is 3.05. The molecule has 0 saturated carbocycles. The van der Waals surface area contributed by atoms with Gasteiger partial charge in [-0.3, -0.25) is 4.79 Å². The number of halogens is 1. The van der Waals surface area contributed by atoms with Gasteiger partial charge in [-0.1, -0.05) is 20.8 Å². The van der Waals surface area contributed by atoms with Gasteiger partial charge in [-0.05, 0) is 46.8 Å². The van der Waals surface area contributed by atoms with Gasteiger partial charge in [0.1, 0.15) is 6.10 Å². The molecule has 0 aromatic carbocycles. The van der Waals surface area contributed by atoms with Crippen molar-refractivity contribution in [3.63, 3.8) is 0 Å². The summed E-state index contributed by atoms with van der Waals surface area (Å²) in [7, 11) is -1.80. The van der Waals surface area contributed by atoms with E-state index in [1.54, 1.807) is 0 Å². The molecule has 3 nitrogen and oxygen atoms in total. The van der Waals surface area contributed by atoms with E-state index in [0.717, 1.165) is 3.58 Å². The minimum atomic E-state index is -1.80. The van der Waals surface area contributed by atoms with Gasteiger partial charge < -0.3 is 9.16 Å². The van der Waals surface area contributed by atoms with Crippen LogP contribution in [0.5, 0.6) is 0 Å². The summed E-state index contributed by atoms with van der Waals surface area (Å²) in [5.74, 6) is 0.116. The van der Waals surface area contributed by atoms with Crippen LogP contribution in [0.3, 0.4) is 0 Å². The van der Waals surface area contributed by atoms with E-state index in [1.807, 2.05) is 6.08 Å². The fourth-order valence-electron chi connectivity index (χ4n) is 1.66. The topological polar surface area (TPSA) is 38.8 Å². The Morgan fingerprint density at radius 3 is 2.53 bits per heavy atom. The molecule has 1 aliphatic heterocycles. The molecule has 1 saturated heterocycles. The van der Waals surface area contributed by atoms with Gasteiger partial charge in [0.25, 0.3) is 0 Å². The maximum absolute atomic E-state index is 11.6. The van der Waals surface area contributed by atoms with Crippen molar-refractivity contribution in [1.82, 2.24) is 0 Å². The normalized spacial score (nSPS) is 33.2. The summed E-state index contributed by atoms with van der Waals surface area (Å²) in [5.41, 5.74) is 0. The molecule has 3 atom stereocenters. The molecule has 0 bridgehead atoms. The molecule has 0 spiro atoms. The average molecular weight is 366 g/mol. The first-order valence-corrected chi connectivity index (χ1v) is 9.87. The van der Waals surface area contributed by atoms with Crippen LogP contribution in [0.4, 0.5) is 0 Å². The lowest BCUT2D eigenvalue weighted by Gasteiger charge is -2.38. The lowest BCUT2D eigenvalue weighted by atomic mass is 10.0. The van der Waals surface area contributed by atoms with Gasteiger partial charge in [0.15, 0.2) is 20.2 Å². The maximum Gasteiger partial charge on any atom is 0.200 e. The number of fused-ring (bicyclic) bond motifs is 1.